The number of amides is 1. The number of hydrogen-bond acceptors (Lipinski definition) is 4. The third-order valence-corrected chi connectivity index (χ3v) is 3.20. The second-order valence-electron chi connectivity index (χ2n) is 3.39. The van der Waals surface area contributed by atoms with E-state index in [0.717, 1.165) is 0 Å². The van der Waals surface area contributed by atoms with Crippen LogP contribution >= 0.6 is 24.0 Å². The van der Waals surface area contributed by atoms with Crippen LogP contribution in [0.2, 0.25) is 0 Å². The summed E-state index contributed by atoms with van der Waals surface area (Å²) in [5.41, 5.74) is 6.03. The highest BCUT2D eigenvalue weighted by atomic mass is 32.2. The SMILES string of the molecule is NC(=S)CSCC(=O)Nc1ccc(C(=O)O)cc1. The minimum absolute atomic E-state index is 0.177. The van der Waals surface area contributed by atoms with Crippen LogP contribution < -0.4 is 11.1 Å². The predicted molar refractivity (Wildman–Crippen MR) is 76.1 cm³/mol. The number of nitrogens with two attached hydrogens (primary N) is 1. The molecule has 0 saturated heterocycles. The lowest BCUT2D eigenvalue weighted by Crippen LogP contribution is -2.17. The lowest BCUT2D eigenvalue weighted by molar-refractivity contribution is -0.113. The van der Waals surface area contributed by atoms with Gasteiger partial charge in [0.2, 0.25) is 5.91 Å². The second kappa shape index (κ2) is 6.97. The number of aromatic carboxylic acids is 1. The fraction of sp³-hybridized carbons (Fsp3) is 0.182. The maximum absolute atomic E-state index is 11.5. The van der Waals surface area contributed by atoms with E-state index in [0.29, 0.717) is 16.4 Å². The molecular weight excluding hydrogens is 272 g/mol. The summed E-state index contributed by atoms with van der Waals surface area (Å²) >= 11 is 6.01. The quantitative estimate of drug-likeness (QED) is 0.683. The molecule has 0 saturated carbocycles. The van der Waals surface area contributed by atoms with Crippen LogP contribution in [0.15, 0.2) is 24.3 Å². The number of rotatable bonds is 6. The molecule has 1 rings (SSSR count). The molecule has 0 unspecified atom stereocenters. The van der Waals surface area contributed by atoms with Gasteiger partial charge in [0.1, 0.15) is 0 Å². The molecule has 96 valence electrons. The van der Waals surface area contributed by atoms with Crippen LogP contribution in [0.3, 0.4) is 0 Å². The molecule has 0 bridgehead atoms. The number of carboxylic acid groups (broad SMARTS) is 1. The third-order valence-electron chi connectivity index (χ3n) is 1.89. The van der Waals surface area contributed by atoms with Crippen molar-refractivity contribution in [1.82, 2.24) is 0 Å². The number of anilines is 1. The van der Waals surface area contributed by atoms with E-state index in [9.17, 15) is 9.59 Å². The number of thiocarbonyl (C=S) groups is 1. The zero-order valence-electron chi connectivity index (χ0n) is 9.38. The van der Waals surface area contributed by atoms with E-state index in [2.05, 4.69) is 17.5 Å². The van der Waals surface area contributed by atoms with Crippen LogP contribution in [0.5, 0.6) is 0 Å². The van der Waals surface area contributed by atoms with Crippen molar-refractivity contribution in [3.05, 3.63) is 29.8 Å². The van der Waals surface area contributed by atoms with Gasteiger partial charge in [-0.1, -0.05) is 12.2 Å². The van der Waals surface area contributed by atoms with Crippen molar-refractivity contribution in [3.8, 4) is 0 Å². The number of nitrogens with one attached hydrogen (secondary N) is 1. The van der Waals surface area contributed by atoms with E-state index in [1.54, 1.807) is 12.1 Å². The fourth-order valence-electron chi connectivity index (χ4n) is 1.14. The maximum atomic E-state index is 11.5. The smallest absolute Gasteiger partial charge is 0.335 e. The minimum atomic E-state index is -1.00. The van der Waals surface area contributed by atoms with Crippen molar-refractivity contribution in [2.24, 2.45) is 5.73 Å². The van der Waals surface area contributed by atoms with Crippen molar-refractivity contribution in [2.45, 2.75) is 0 Å². The van der Waals surface area contributed by atoms with Gasteiger partial charge in [0.25, 0.3) is 0 Å². The van der Waals surface area contributed by atoms with Crippen LogP contribution in [-0.2, 0) is 4.79 Å². The Labute approximate surface area is 114 Å². The highest BCUT2D eigenvalue weighted by Gasteiger charge is 2.05. The lowest BCUT2D eigenvalue weighted by Gasteiger charge is -2.05. The molecule has 1 aromatic carbocycles. The number of thioether (sulfide) groups is 1. The molecule has 18 heavy (non-hydrogen) atoms. The van der Waals surface area contributed by atoms with Gasteiger partial charge < -0.3 is 16.2 Å². The van der Waals surface area contributed by atoms with E-state index in [4.69, 9.17) is 10.8 Å². The zero-order valence-corrected chi connectivity index (χ0v) is 11.0. The number of carbonyl (C=O) groups excluding carboxylic acids is 1. The van der Waals surface area contributed by atoms with Gasteiger partial charge in [-0.2, -0.15) is 0 Å². The number of hydrogen-bond donors (Lipinski definition) is 3. The van der Waals surface area contributed by atoms with Gasteiger partial charge in [-0.05, 0) is 24.3 Å². The minimum Gasteiger partial charge on any atom is -0.478 e. The second-order valence-corrected chi connectivity index (χ2v) is 4.90. The Hall–Kier alpha value is -1.60. The van der Waals surface area contributed by atoms with Crippen molar-refractivity contribution in [3.63, 3.8) is 0 Å². The Morgan fingerprint density at radius 3 is 2.39 bits per heavy atom. The van der Waals surface area contributed by atoms with Crippen LogP contribution in [-0.4, -0.2) is 33.5 Å². The van der Waals surface area contributed by atoms with E-state index >= 15 is 0 Å². The first-order chi connectivity index (χ1) is 8.49. The number of benzene rings is 1. The Morgan fingerprint density at radius 1 is 1.28 bits per heavy atom. The Balaban J connectivity index is 2.44. The third kappa shape index (κ3) is 5.15. The molecule has 0 fully saturated rings. The van der Waals surface area contributed by atoms with E-state index in [-0.39, 0.29) is 17.2 Å². The molecule has 0 heterocycles. The molecule has 7 heteroatoms. The van der Waals surface area contributed by atoms with Gasteiger partial charge in [-0.15, -0.1) is 11.8 Å². The summed E-state index contributed by atoms with van der Waals surface area (Å²) in [6.07, 6.45) is 0. The van der Waals surface area contributed by atoms with Gasteiger partial charge in [0.05, 0.1) is 16.3 Å². The summed E-state index contributed by atoms with van der Waals surface area (Å²) in [6.45, 7) is 0. The zero-order chi connectivity index (χ0) is 13.5. The Kier molecular flexibility index (Phi) is 5.60. The van der Waals surface area contributed by atoms with E-state index < -0.39 is 5.97 Å². The molecule has 0 atom stereocenters. The summed E-state index contributed by atoms with van der Waals surface area (Å²) in [4.78, 5) is 22.5. The summed E-state index contributed by atoms with van der Waals surface area (Å²) in [7, 11) is 0. The Bertz CT molecular complexity index is 460. The first-order valence-corrected chi connectivity index (χ1v) is 6.54. The number of carbonyl (C=O) groups is 2. The van der Waals surface area contributed by atoms with Crippen LogP contribution in [0.4, 0.5) is 5.69 Å². The van der Waals surface area contributed by atoms with E-state index in [1.165, 1.54) is 23.9 Å². The summed E-state index contributed by atoms with van der Waals surface area (Å²) in [5.74, 6) is -0.474. The predicted octanol–water partition coefficient (Wildman–Crippen LogP) is 1.34. The molecular formula is C11H12N2O3S2. The molecule has 1 amide bonds. The van der Waals surface area contributed by atoms with Gasteiger partial charge in [-0.3, -0.25) is 4.79 Å². The standard InChI is InChI=1S/C11H12N2O3S2/c12-9(17)5-18-6-10(14)13-8-3-1-7(2-4-8)11(15)16/h1-4H,5-6H2,(H2,12,17)(H,13,14)(H,15,16). The molecule has 0 spiro atoms. The Morgan fingerprint density at radius 2 is 1.89 bits per heavy atom. The summed E-state index contributed by atoms with van der Waals surface area (Å²) in [6, 6.07) is 5.94. The highest BCUT2D eigenvalue weighted by molar-refractivity contribution is 8.01. The van der Waals surface area contributed by atoms with Gasteiger partial charge >= 0.3 is 5.97 Å². The molecule has 4 N–H and O–H groups in total. The summed E-state index contributed by atoms with van der Waals surface area (Å²) in [5, 5.41) is 11.4. The van der Waals surface area contributed by atoms with E-state index in [1.807, 2.05) is 0 Å². The maximum Gasteiger partial charge on any atom is 0.335 e. The average Bonchev–Trinajstić information content (AvgIpc) is 2.29. The summed E-state index contributed by atoms with van der Waals surface area (Å²) < 4.78 is 0. The monoisotopic (exact) mass is 284 g/mol. The molecule has 5 nitrogen and oxygen atoms in total. The van der Waals surface area contributed by atoms with Crippen LogP contribution in [0.25, 0.3) is 0 Å². The highest BCUT2D eigenvalue weighted by Crippen LogP contribution is 2.10. The first-order valence-electron chi connectivity index (χ1n) is 4.98. The van der Waals surface area contributed by atoms with Gasteiger partial charge in [-0.25, -0.2) is 4.79 Å². The van der Waals surface area contributed by atoms with Gasteiger partial charge in [0.15, 0.2) is 0 Å². The molecule has 0 aromatic heterocycles. The van der Waals surface area contributed by atoms with Crippen molar-refractivity contribution >= 4 is 46.5 Å². The lowest BCUT2D eigenvalue weighted by atomic mass is 10.2. The number of carboxylic acids is 1. The largest absolute Gasteiger partial charge is 0.478 e. The normalized spacial score (nSPS) is 9.78. The van der Waals surface area contributed by atoms with Crippen LogP contribution in [0, 0.1) is 0 Å². The molecule has 0 aliphatic rings. The van der Waals surface area contributed by atoms with Crippen molar-refractivity contribution < 1.29 is 14.7 Å². The fourth-order valence-corrected chi connectivity index (χ4v) is 1.95. The molecule has 1 aromatic rings. The topological polar surface area (TPSA) is 92.4 Å². The van der Waals surface area contributed by atoms with Crippen molar-refractivity contribution in [1.29, 1.82) is 0 Å². The van der Waals surface area contributed by atoms with Crippen molar-refractivity contribution in [2.75, 3.05) is 16.8 Å². The average molecular weight is 284 g/mol. The molecule has 0 aliphatic carbocycles. The van der Waals surface area contributed by atoms with Gasteiger partial charge in [0, 0.05) is 11.4 Å². The first kappa shape index (κ1) is 14.5. The van der Waals surface area contributed by atoms with Crippen LogP contribution in [0.1, 0.15) is 10.4 Å². The molecule has 0 radical (unpaired) electrons. The molecule has 0 aliphatic heterocycles.